The molecule has 3 heterocycles. The Kier molecular flexibility index (Phi) is 9.27. The second kappa shape index (κ2) is 12.3. The third kappa shape index (κ3) is 5.06. The van der Waals surface area contributed by atoms with E-state index in [0.29, 0.717) is 32.4 Å². The third-order valence-corrected chi connectivity index (χ3v) is 10.7. The number of thioether (sulfide) groups is 1. The highest BCUT2D eigenvalue weighted by molar-refractivity contribution is 8.02. The Labute approximate surface area is 236 Å². The minimum Gasteiger partial charge on any atom is -0.465 e. The molecule has 1 N–H and O–H groups in total. The Morgan fingerprint density at radius 2 is 1.92 bits per heavy atom. The lowest BCUT2D eigenvalue weighted by atomic mass is 9.66. The van der Waals surface area contributed by atoms with E-state index in [4.69, 9.17) is 4.74 Å². The van der Waals surface area contributed by atoms with Crippen LogP contribution in [-0.4, -0.2) is 70.1 Å². The Balaban J connectivity index is 1.77. The second-order valence-electron chi connectivity index (χ2n) is 11.1. The van der Waals surface area contributed by atoms with Gasteiger partial charge in [-0.05, 0) is 63.0 Å². The maximum atomic E-state index is 14.7. The first-order valence-electron chi connectivity index (χ1n) is 14.1. The summed E-state index contributed by atoms with van der Waals surface area (Å²) in [6, 6.07) is 5.27. The summed E-state index contributed by atoms with van der Waals surface area (Å²) >= 11 is 1.66. The molecule has 212 valence electrons. The SMILES string of the molecule is C=CCCOC(=O)[C@@H]1[C@@H]2CC(C)C3(S2)C(C(=O)N(CC=C)c2c(C)cccc2C)N(CCCCCO)C(=O)[C@H]13. The number of nitrogens with zero attached hydrogens (tertiary/aromatic N) is 2. The van der Waals surface area contributed by atoms with E-state index in [0.717, 1.165) is 29.7 Å². The highest BCUT2D eigenvalue weighted by Crippen LogP contribution is 2.68. The van der Waals surface area contributed by atoms with Crippen LogP contribution in [0, 0.1) is 31.6 Å². The molecule has 1 aromatic rings. The highest BCUT2D eigenvalue weighted by atomic mass is 32.2. The summed E-state index contributed by atoms with van der Waals surface area (Å²) in [5, 5.41) is 9.23. The molecule has 3 fully saturated rings. The molecule has 2 bridgehead atoms. The lowest BCUT2D eigenvalue weighted by Crippen LogP contribution is -2.57. The molecule has 8 heteroatoms. The van der Waals surface area contributed by atoms with Crippen LogP contribution in [0.5, 0.6) is 0 Å². The molecular formula is C31H42N2O5S. The van der Waals surface area contributed by atoms with Crippen LogP contribution in [-0.2, 0) is 19.1 Å². The highest BCUT2D eigenvalue weighted by Gasteiger charge is 2.76. The van der Waals surface area contributed by atoms with Crippen LogP contribution < -0.4 is 4.90 Å². The summed E-state index contributed by atoms with van der Waals surface area (Å²) in [7, 11) is 0. The Morgan fingerprint density at radius 1 is 1.21 bits per heavy atom. The van der Waals surface area contributed by atoms with Crippen molar-refractivity contribution in [3.63, 3.8) is 0 Å². The zero-order chi connectivity index (χ0) is 28.3. The average molecular weight is 555 g/mol. The van der Waals surface area contributed by atoms with E-state index in [9.17, 15) is 19.5 Å². The van der Waals surface area contributed by atoms with Gasteiger partial charge >= 0.3 is 5.97 Å². The fourth-order valence-corrected chi connectivity index (χ4v) is 9.42. The van der Waals surface area contributed by atoms with Gasteiger partial charge in [-0.3, -0.25) is 14.4 Å². The van der Waals surface area contributed by atoms with Crippen LogP contribution >= 0.6 is 11.8 Å². The number of rotatable bonds is 13. The summed E-state index contributed by atoms with van der Waals surface area (Å²) in [5.74, 6) is -1.65. The van der Waals surface area contributed by atoms with E-state index < -0.39 is 22.6 Å². The number of aryl methyl sites for hydroxylation is 2. The van der Waals surface area contributed by atoms with Gasteiger partial charge in [-0.25, -0.2) is 0 Å². The number of fused-ring (bicyclic) bond motifs is 1. The third-order valence-electron chi connectivity index (χ3n) is 8.66. The van der Waals surface area contributed by atoms with Crippen LogP contribution in [0.15, 0.2) is 43.5 Å². The Bertz CT molecular complexity index is 1100. The molecule has 0 aromatic heterocycles. The van der Waals surface area contributed by atoms with E-state index in [1.807, 2.05) is 32.0 Å². The molecule has 4 rings (SSSR count). The van der Waals surface area contributed by atoms with Crippen molar-refractivity contribution in [2.75, 3.05) is 31.2 Å². The predicted molar refractivity (Wildman–Crippen MR) is 156 cm³/mol. The minimum absolute atomic E-state index is 0.0509. The van der Waals surface area contributed by atoms with Crippen LogP contribution in [0.2, 0.25) is 0 Å². The molecule has 0 radical (unpaired) electrons. The molecule has 3 aliphatic heterocycles. The van der Waals surface area contributed by atoms with Gasteiger partial charge in [-0.15, -0.1) is 24.9 Å². The van der Waals surface area contributed by atoms with Crippen molar-refractivity contribution in [2.24, 2.45) is 17.8 Å². The summed E-state index contributed by atoms with van der Waals surface area (Å²) in [5.41, 5.74) is 2.82. The number of hydrogen-bond acceptors (Lipinski definition) is 6. The Hall–Kier alpha value is -2.58. The van der Waals surface area contributed by atoms with Crippen molar-refractivity contribution in [3.05, 3.63) is 54.6 Å². The number of carbonyl (C=O) groups is 3. The number of hydrogen-bond donors (Lipinski definition) is 1. The first kappa shape index (κ1) is 29.4. The molecule has 2 amide bonds. The summed E-state index contributed by atoms with van der Waals surface area (Å²) < 4.78 is 4.91. The van der Waals surface area contributed by atoms with Crippen LogP contribution in [0.25, 0.3) is 0 Å². The maximum Gasteiger partial charge on any atom is 0.310 e. The van der Waals surface area contributed by atoms with E-state index in [2.05, 4.69) is 20.1 Å². The number of aliphatic hydroxyl groups is 1. The van der Waals surface area contributed by atoms with E-state index in [1.165, 1.54) is 0 Å². The molecule has 3 unspecified atom stereocenters. The molecule has 7 nitrogen and oxygen atoms in total. The zero-order valence-electron chi connectivity index (χ0n) is 23.4. The van der Waals surface area contributed by atoms with E-state index in [1.54, 1.807) is 33.7 Å². The quantitative estimate of drug-likeness (QED) is 0.220. The zero-order valence-corrected chi connectivity index (χ0v) is 24.3. The van der Waals surface area contributed by atoms with E-state index >= 15 is 0 Å². The minimum atomic E-state index is -0.700. The number of para-hydroxylation sites is 1. The number of amides is 2. The van der Waals surface area contributed by atoms with Gasteiger partial charge in [0.25, 0.3) is 5.91 Å². The number of aliphatic hydroxyl groups excluding tert-OH is 1. The average Bonchev–Trinajstić information content (AvgIpc) is 3.49. The molecule has 3 saturated heterocycles. The first-order valence-corrected chi connectivity index (χ1v) is 15.0. The number of benzene rings is 1. The monoisotopic (exact) mass is 554 g/mol. The maximum absolute atomic E-state index is 14.7. The largest absolute Gasteiger partial charge is 0.465 e. The van der Waals surface area contributed by atoms with Crippen LogP contribution in [0.4, 0.5) is 5.69 Å². The van der Waals surface area contributed by atoms with Crippen LogP contribution in [0.1, 0.15) is 50.2 Å². The van der Waals surface area contributed by atoms with Gasteiger partial charge in [0.05, 0.1) is 23.2 Å². The first-order chi connectivity index (χ1) is 18.7. The molecule has 1 aromatic carbocycles. The molecule has 3 aliphatic rings. The predicted octanol–water partition coefficient (Wildman–Crippen LogP) is 4.44. The van der Waals surface area contributed by atoms with Gasteiger partial charge < -0.3 is 19.6 Å². The fourth-order valence-electron chi connectivity index (χ4n) is 7.02. The Morgan fingerprint density at radius 3 is 2.56 bits per heavy atom. The van der Waals surface area contributed by atoms with Gasteiger partial charge in [-0.2, -0.15) is 0 Å². The number of carbonyl (C=O) groups excluding carboxylic acids is 3. The number of unbranched alkanes of at least 4 members (excludes halogenated alkanes) is 2. The molecular weight excluding hydrogens is 512 g/mol. The fraction of sp³-hybridized carbons (Fsp3) is 0.581. The normalized spacial score (nSPS) is 28.9. The standard InChI is InChI=1S/C31H42N2O5S/c1-6-8-18-38-30(37)24-23-19-22(5)31(39-23)25(24)28(35)33(16-10-9-11-17-34)27(31)29(36)32(15-7-2)26-20(3)13-12-14-21(26)4/h6-7,12-14,22-25,27,34H,1-2,8-11,15-19H2,3-5H3/t22?,23-,24+,25-,27?,31?/m0/s1. The van der Waals surface area contributed by atoms with Crippen molar-refractivity contribution in [3.8, 4) is 0 Å². The summed E-state index contributed by atoms with van der Waals surface area (Å²) in [4.78, 5) is 45.9. The molecule has 0 saturated carbocycles. The number of ether oxygens (including phenoxy) is 1. The van der Waals surface area contributed by atoms with Crippen molar-refractivity contribution < 1.29 is 24.2 Å². The van der Waals surface area contributed by atoms with Crippen molar-refractivity contribution >= 4 is 35.2 Å². The number of esters is 1. The van der Waals surface area contributed by atoms with Crippen molar-refractivity contribution in [1.82, 2.24) is 4.90 Å². The van der Waals surface area contributed by atoms with Crippen molar-refractivity contribution in [2.45, 2.75) is 68.9 Å². The molecule has 0 aliphatic carbocycles. The summed E-state index contributed by atoms with van der Waals surface area (Å²) in [6.07, 6.45) is 6.84. The molecule has 6 atom stereocenters. The summed E-state index contributed by atoms with van der Waals surface area (Å²) in [6.45, 7) is 14.8. The number of likely N-dealkylation sites (tertiary alicyclic amines) is 1. The number of anilines is 1. The molecule has 1 spiro atoms. The smallest absolute Gasteiger partial charge is 0.310 e. The van der Waals surface area contributed by atoms with Gasteiger partial charge in [0.2, 0.25) is 5.91 Å². The lowest BCUT2D eigenvalue weighted by molar-refractivity contribution is -0.154. The van der Waals surface area contributed by atoms with Gasteiger partial charge in [0, 0.05) is 30.6 Å². The lowest BCUT2D eigenvalue weighted by Gasteiger charge is -2.41. The van der Waals surface area contributed by atoms with Gasteiger partial charge in [0.15, 0.2) is 0 Å². The van der Waals surface area contributed by atoms with Crippen LogP contribution in [0.3, 0.4) is 0 Å². The second-order valence-corrected chi connectivity index (χ2v) is 12.6. The van der Waals surface area contributed by atoms with E-state index in [-0.39, 0.29) is 42.2 Å². The van der Waals surface area contributed by atoms with Gasteiger partial charge in [-0.1, -0.05) is 37.3 Å². The van der Waals surface area contributed by atoms with Crippen molar-refractivity contribution in [1.29, 1.82) is 0 Å². The molecule has 39 heavy (non-hydrogen) atoms. The topological polar surface area (TPSA) is 87.2 Å². The van der Waals surface area contributed by atoms with Gasteiger partial charge in [0.1, 0.15) is 6.04 Å².